The van der Waals surface area contributed by atoms with Crippen LogP contribution in [0.3, 0.4) is 0 Å². The van der Waals surface area contributed by atoms with E-state index < -0.39 is 0 Å². The third kappa shape index (κ3) is 9.65. The number of hydrogen-bond acceptors (Lipinski definition) is 3. The van der Waals surface area contributed by atoms with Crippen molar-refractivity contribution in [3.8, 4) is 0 Å². The lowest BCUT2D eigenvalue weighted by Crippen LogP contribution is -2.17. The van der Waals surface area contributed by atoms with Crippen LogP contribution in [0.25, 0.3) is 0 Å². The molecular formula is C11H20O2S. The summed E-state index contributed by atoms with van der Waals surface area (Å²) >= 11 is 1.63. The van der Waals surface area contributed by atoms with Gasteiger partial charge in [-0.2, -0.15) is 0 Å². The number of esters is 1. The van der Waals surface area contributed by atoms with Crippen molar-refractivity contribution in [2.75, 3.05) is 12.4 Å². The Morgan fingerprint density at radius 3 is 2.57 bits per heavy atom. The average molecular weight is 216 g/mol. The van der Waals surface area contributed by atoms with Crippen molar-refractivity contribution in [3.63, 3.8) is 0 Å². The fourth-order valence-corrected chi connectivity index (χ4v) is 1.20. The largest absolute Gasteiger partial charge is 0.462 e. The molecule has 0 atom stereocenters. The van der Waals surface area contributed by atoms with Gasteiger partial charge in [0.15, 0.2) is 0 Å². The number of carbonyl (C=O) groups is 1. The highest BCUT2D eigenvalue weighted by Crippen LogP contribution is 2.13. The monoisotopic (exact) mass is 216 g/mol. The minimum absolute atomic E-state index is 0.0417. The molecule has 0 radical (unpaired) electrons. The lowest BCUT2D eigenvalue weighted by atomic mass is 9.99. The Morgan fingerprint density at radius 1 is 1.43 bits per heavy atom. The van der Waals surface area contributed by atoms with Gasteiger partial charge in [-0.1, -0.05) is 27.7 Å². The summed E-state index contributed by atoms with van der Waals surface area (Å²) in [5, 5.41) is 1.80. The molecule has 0 bridgehead atoms. The van der Waals surface area contributed by atoms with Crippen molar-refractivity contribution < 1.29 is 9.53 Å². The highest BCUT2D eigenvalue weighted by atomic mass is 32.2. The minimum atomic E-state index is -0.247. The SMILES string of the molecule is CCCSC=CC(=O)OCC(C)(C)C. The van der Waals surface area contributed by atoms with E-state index >= 15 is 0 Å². The van der Waals surface area contributed by atoms with Gasteiger partial charge in [0, 0.05) is 6.08 Å². The molecule has 0 aromatic rings. The van der Waals surface area contributed by atoms with E-state index in [2.05, 4.69) is 6.92 Å². The van der Waals surface area contributed by atoms with Crippen LogP contribution in [0.4, 0.5) is 0 Å². The van der Waals surface area contributed by atoms with Gasteiger partial charge in [-0.15, -0.1) is 11.8 Å². The van der Waals surface area contributed by atoms with Crippen LogP contribution >= 0.6 is 11.8 Å². The Bertz CT molecular complexity index is 192. The first-order valence-corrected chi connectivity index (χ1v) is 5.95. The van der Waals surface area contributed by atoms with Crippen molar-refractivity contribution in [1.82, 2.24) is 0 Å². The van der Waals surface area contributed by atoms with Crippen molar-refractivity contribution in [3.05, 3.63) is 11.5 Å². The molecule has 0 N–H and O–H groups in total. The van der Waals surface area contributed by atoms with Crippen LogP contribution in [0.2, 0.25) is 0 Å². The summed E-state index contributed by atoms with van der Waals surface area (Å²) in [6, 6.07) is 0. The van der Waals surface area contributed by atoms with Crippen LogP contribution in [-0.4, -0.2) is 18.3 Å². The number of rotatable bonds is 5. The van der Waals surface area contributed by atoms with Gasteiger partial charge in [-0.25, -0.2) is 4.79 Å². The first-order valence-electron chi connectivity index (χ1n) is 4.90. The fraction of sp³-hybridized carbons (Fsp3) is 0.727. The molecule has 3 heteroatoms. The lowest BCUT2D eigenvalue weighted by molar-refractivity contribution is -0.140. The molecule has 2 nitrogen and oxygen atoms in total. The smallest absolute Gasteiger partial charge is 0.331 e. The van der Waals surface area contributed by atoms with Gasteiger partial charge in [0.2, 0.25) is 0 Å². The van der Waals surface area contributed by atoms with Crippen LogP contribution in [0.5, 0.6) is 0 Å². The highest BCUT2D eigenvalue weighted by molar-refractivity contribution is 8.02. The van der Waals surface area contributed by atoms with E-state index in [9.17, 15) is 4.79 Å². The summed E-state index contributed by atoms with van der Waals surface area (Å²) < 4.78 is 5.05. The molecule has 0 fully saturated rings. The van der Waals surface area contributed by atoms with Gasteiger partial charge in [0.25, 0.3) is 0 Å². The quantitative estimate of drug-likeness (QED) is 0.401. The molecule has 14 heavy (non-hydrogen) atoms. The topological polar surface area (TPSA) is 26.3 Å². The highest BCUT2D eigenvalue weighted by Gasteiger charge is 2.11. The predicted octanol–water partition coefficient (Wildman–Crippen LogP) is 3.23. The molecule has 0 heterocycles. The van der Waals surface area contributed by atoms with E-state index in [1.165, 1.54) is 6.08 Å². The van der Waals surface area contributed by atoms with Gasteiger partial charge in [-0.05, 0) is 23.0 Å². The third-order valence-corrected chi connectivity index (χ3v) is 2.24. The van der Waals surface area contributed by atoms with E-state index in [-0.39, 0.29) is 11.4 Å². The molecule has 0 aliphatic heterocycles. The van der Waals surface area contributed by atoms with Crippen LogP contribution in [0, 0.1) is 5.41 Å². The number of carbonyl (C=O) groups excluding carboxylic acids is 1. The van der Waals surface area contributed by atoms with Crippen molar-refractivity contribution in [2.24, 2.45) is 5.41 Å². The number of thioether (sulfide) groups is 1. The molecule has 0 saturated carbocycles. The van der Waals surface area contributed by atoms with Crippen molar-refractivity contribution in [2.45, 2.75) is 34.1 Å². The van der Waals surface area contributed by atoms with E-state index in [1.54, 1.807) is 17.2 Å². The zero-order chi connectivity index (χ0) is 11.0. The molecule has 0 spiro atoms. The molecule has 0 rings (SSSR count). The summed E-state index contributed by atoms with van der Waals surface area (Å²) in [4.78, 5) is 11.1. The maximum absolute atomic E-state index is 11.1. The Morgan fingerprint density at radius 2 is 2.07 bits per heavy atom. The first-order chi connectivity index (χ1) is 6.45. The van der Waals surface area contributed by atoms with Crippen LogP contribution in [-0.2, 0) is 9.53 Å². The molecule has 0 unspecified atom stereocenters. The maximum atomic E-state index is 11.1. The standard InChI is InChI=1S/C11H20O2S/c1-5-7-14-8-6-10(12)13-9-11(2,3)4/h6,8H,5,7,9H2,1-4H3. The Kier molecular flexibility index (Phi) is 6.71. The molecule has 0 amide bonds. The molecule has 0 aromatic carbocycles. The summed E-state index contributed by atoms with van der Waals surface area (Å²) in [5.41, 5.74) is 0.0417. The Labute approximate surface area is 91.1 Å². The number of hydrogen-bond donors (Lipinski definition) is 0. The van der Waals surface area contributed by atoms with E-state index in [0.29, 0.717) is 6.61 Å². The van der Waals surface area contributed by atoms with E-state index in [4.69, 9.17) is 4.74 Å². The van der Waals surface area contributed by atoms with Crippen molar-refractivity contribution in [1.29, 1.82) is 0 Å². The van der Waals surface area contributed by atoms with Gasteiger partial charge in [0.1, 0.15) is 0 Å². The van der Waals surface area contributed by atoms with E-state index in [0.717, 1.165) is 12.2 Å². The lowest BCUT2D eigenvalue weighted by Gasteiger charge is -2.16. The Balaban J connectivity index is 3.60. The normalized spacial score (nSPS) is 12.0. The molecular weight excluding hydrogens is 196 g/mol. The van der Waals surface area contributed by atoms with Crippen LogP contribution < -0.4 is 0 Å². The second-order valence-electron chi connectivity index (χ2n) is 4.34. The third-order valence-electron chi connectivity index (χ3n) is 1.27. The fourth-order valence-electron chi connectivity index (χ4n) is 0.625. The Hall–Kier alpha value is -0.440. The minimum Gasteiger partial charge on any atom is -0.462 e. The zero-order valence-corrected chi connectivity index (χ0v) is 10.3. The van der Waals surface area contributed by atoms with Crippen LogP contribution in [0.15, 0.2) is 11.5 Å². The number of ether oxygens (including phenoxy) is 1. The second kappa shape index (κ2) is 6.93. The van der Waals surface area contributed by atoms with Gasteiger partial charge in [-0.3, -0.25) is 0 Å². The molecule has 0 aliphatic rings. The molecule has 82 valence electrons. The second-order valence-corrected chi connectivity index (χ2v) is 5.36. The van der Waals surface area contributed by atoms with Crippen molar-refractivity contribution >= 4 is 17.7 Å². The molecule has 0 aromatic heterocycles. The molecule has 0 saturated heterocycles. The van der Waals surface area contributed by atoms with Gasteiger partial charge >= 0.3 is 5.97 Å². The average Bonchev–Trinajstić information content (AvgIpc) is 2.08. The molecule has 0 aliphatic carbocycles. The van der Waals surface area contributed by atoms with Gasteiger partial charge < -0.3 is 4.74 Å². The van der Waals surface area contributed by atoms with E-state index in [1.807, 2.05) is 20.8 Å². The zero-order valence-electron chi connectivity index (χ0n) is 9.50. The predicted molar refractivity (Wildman–Crippen MR) is 62.3 cm³/mol. The van der Waals surface area contributed by atoms with Gasteiger partial charge in [0.05, 0.1) is 6.61 Å². The first kappa shape index (κ1) is 13.6. The summed E-state index contributed by atoms with van der Waals surface area (Å²) in [7, 11) is 0. The summed E-state index contributed by atoms with van der Waals surface area (Å²) in [6.45, 7) is 8.69. The van der Waals surface area contributed by atoms with Crippen LogP contribution in [0.1, 0.15) is 34.1 Å². The maximum Gasteiger partial charge on any atom is 0.331 e. The summed E-state index contributed by atoms with van der Waals surface area (Å²) in [5.74, 6) is 0.798. The summed E-state index contributed by atoms with van der Waals surface area (Å²) in [6.07, 6.45) is 2.61.